The van der Waals surface area contributed by atoms with Gasteiger partial charge in [0.1, 0.15) is 5.52 Å². The largest absolute Gasteiger partial charge is 0.435 e. The fourth-order valence-corrected chi connectivity index (χ4v) is 3.37. The molecular formula is C19H22N3O+. The van der Waals surface area contributed by atoms with E-state index in [9.17, 15) is 0 Å². The molecule has 0 aliphatic carbocycles. The van der Waals surface area contributed by atoms with Gasteiger partial charge in [-0.2, -0.15) is 0 Å². The van der Waals surface area contributed by atoms with Crippen molar-refractivity contribution in [1.29, 1.82) is 0 Å². The van der Waals surface area contributed by atoms with Crippen LogP contribution in [0.5, 0.6) is 0 Å². The van der Waals surface area contributed by atoms with Gasteiger partial charge in [0.25, 0.3) is 5.89 Å². The standard InChI is InChI=1S/C19H21N3O/c1-15-6-2-4-8-17(15)22-12-10-21(11-13-22)14-19-20-16-7-3-5-9-18(16)23-19/h2-9H,10-14H2,1H3/p+1. The third kappa shape index (κ3) is 2.94. The molecule has 0 radical (unpaired) electrons. The van der Waals surface area contributed by atoms with E-state index in [1.54, 1.807) is 4.90 Å². The Morgan fingerprint density at radius 2 is 1.78 bits per heavy atom. The van der Waals surface area contributed by atoms with Crippen molar-refractivity contribution in [3.05, 3.63) is 60.0 Å². The van der Waals surface area contributed by atoms with Crippen LogP contribution < -0.4 is 9.80 Å². The Hall–Kier alpha value is -2.33. The number of piperazine rings is 1. The number of nitrogens with one attached hydrogen (secondary N) is 1. The lowest BCUT2D eigenvalue weighted by Gasteiger charge is -2.33. The van der Waals surface area contributed by atoms with Crippen LogP contribution in [-0.2, 0) is 6.54 Å². The maximum absolute atomic E-state index is 5.86. The zero-order valence-corrected chi connectivity index (χ0v) is 13.5. The van der Waals surface area contributed by atoms with Crippen LogP contribution in [0.4, 0.5) is 5.69 Å². The van der Waals surface area contributed by atoms with E-state index in [4.69, 9.17) is 4.42 Å². The molecule has 2 heterocycles. The Labute approximate surface area is 136 Å². The highest BCUT2D eigenvalue weighted by molar-refractivity contribution is 5.72. The molecule has 1 aliphatic rings. The normalized spacial score (nSPS) is 16.1. The smallest absolute Gasteiger partial charge is 0.251 e. The Balaban J connectivity index is 1.41. The molecule has 0 unspecified atom stereocenters. The summed E-state index contributed by atoms with van der Waals surface area (Å²) in [7, 11) is 0. The van der Waals surface area contributed by atoms with Crippen LogP contribution in [0.25, 0.3) is 11.1 Å². The number of aromatic nitrogens is 1. The lowest BCUT2D eigenvalue weighted by molar-refractivity contribution is -0.915. The van der Waals surface area contributed by atoms with Crippen LogP contribution >= 0.6 is 0 Å². The summed E-state index contributed by atoms with van der Waals surface area (Å²) in [6, 6.07) is 16.6. The Morgan fingerprint density at radius 3 is 2.57 bits per heavy atom. The van der Waals surface area contributed by atoms with Crippen LogP contribution in [0.1, 0.15) is 11.5 Å². The maximum atomic E-state index is 5.86. The number of nitrogens with zero attached hydrogens (tertiary/aromatic N) is 2. The molecular weight excluding hydrogens is 286 g/mol. The Kier molecular flexibility index (Phi) is 3.75. The van der Waals surface area contributed by atoms with Crippen molar-refractivity contribution in [1.82, 2.24) is 4.98 Å². The molecule has 4 nitrogen and oxygen atoms in total. The molecule has 0 amide bonds. The van der Waals surface area contributed by atoms with Gasteiger partial charge in [-0.25, -0.2) is 4.98 Å². The first-order chi connectivity index (χ1) is 11.3. The van der Waals surface area contributed by atoms with Gasteiger partial charge in [-0.1, -0.05) is 30.3 Å². The second kappa shape index (κ2) is 6.05. The number of rotatable bonds is 3. The monoisotopic (exact) mass is 308 g/mol. The summed E-state index contributed by atoms with van der Waals surface area (Å²) in [6.45, 7) is 7.46. The molecule has 0 spiro atoms. The Bertz CT molecular complexity index is 770. The second-order valence-corrected chi connectivity index (χ2v) is 6.28. The fourth-order valence-electron chi connectivity index (χ4n) is 3.37. The molecule has 1 N–H and O–H groups in total. The molecule has 118 valence electrons. The molecule has 1 aromatic heterocycles. The predicted octanol–water partition coefficient (Wildman–Crippen LogP) is 2.04. The quantitative estimate of drug-likeness (QED) is 0.804. The summed E-state index contributed by atoms with van der Waals surface area (Å²) in [4.78, 5) is 8.63. The summed E-state index contributed by atoms with van der Waals surface area (Å²) < 4.78 is 5.86. The number of oxazole rings is 1. The fraction of sp³-hybridized carbons (Fsp3) is 0.316. The molecule has 23 heavy (non-hydrogen) atoms. The summed E-state index contributed by atoms with van der Waals surface area (Å²) in [5.41, 5.74) is 4.57. The van der Waals surface area contributed by atoms with E-state index in [0.29, 0.717) is 0 Å². The van der Waals surface area contributed by atoms with Crippen LogP contribution in [0.2, 0.25) is 0 Å². The number of hydrogen-bond acceptors (Lipinski definition) is 3. The van der Waals surface area contributed by atoms with Crippen molar-refractivity contribution in [2.45, 2.75) is 13.5 Å². The zero-order chi connectivity index (χ0) is 15.6. The minimum Gasteiger partial charge on any atom is -0.435 e. The minimum absolute atomic E-state index is 0.852. The molecule has 2 aromatic carbocycles. The van der Waals surface area contributed by atoms with Crippen LogP contribution in [0, 0.1) is 6.92 Å². The van der Waals surface area contributed by atoms with E-state index in [2.05, 4.69) is 41.1 Å². The molecule has 0 bridgehead atoms. The predicted molar refractivity (Wildman–Crippen MR) is 91.8 cm³/mol. The molecule has 4 rings (SSSR count). The molecule has 1 fully saturated rings. The zero-order valence-electron chi connectivity index (χ0n) is 13.5. The highest BCUT2D eigenvalue weighted by atomic mass is 16.3. The van der Waals surface area contributed by atoms with E-state index in [1.807, 2.05) is 24.3 Å². The highest BCUT2D eigenvalue weighted by Gasteiger charge is 2.22. The Morgan fingerprint density at radius 1 is 1.04 bits per heavy atom. The molecule has 1 saturated heterocycles. The van der Waals surface area contributed by atoms with Crippen molar-refractivity contribution in [3.63, 3.8) is 0 Å². The average Bonchev–Trinajstić information content (AvgIpc) is 2.98. The van der Waals surface area contributed by atoms with Gasteiger partial charge in [-0.3, -0.25) is 0 Å². The van der Waals surface area contributed by atoms with Crippen molar-refractivity contribution in [2.24, 2.45) is 0 Å². The van der Waals surface area contributed by atoms with Gasteiger partial charge < -0.3 is 14.2 Å². The van der Waals surface area contributed by atoms with E-state index in [1.165, 1.54) is 11.3 Å². The van der Waals surface area contributed by atoms with Crippen LogP contribution in [0.15, 0.2) is 52.9 Å². The summed E-state index contributed by atoms with van der Waals surface area (Å²) >= 11 is 0. The first-order valence-electron chi connectivity index (χ1n) is 8.28. The molecule has 0 saturated carbocycles. The summed E-state index contributed by atoms with van der Waals surface area (Å²) in [6.07, 6.45) is 0. The van der Waals surface area contributed by atoms with Crippen molar-refractivity contribution in [2.75, 3.05) is 31.1 Å². The van der Waals surface area contributed by atoms with E-state index >= 15 is 0 Å². The number of fused-ring (bicyclic) bond motifs is 1. The molecule has 3 aromatic rings. The maximum Gasteiger partial charge on any atom is 0.251 e. The minimum atomic E-state index is 0.852. The van der Waals surface area contributed by atoms with E-state index in [0.717, 1.165) is 49.7 Å². The first-order valence-corrected chi connectivity index (χ1v) is 8.28. The van der Waals surface area contributed by atoms with Gasteiger partial charge in [0.15, 0.2) is 12.1 Å². The number of anilines is 1. The van der Waals surface area contributed by atoms with Gasteiger partial charge in [0, 0.05) is 5.69 Å². The van der Waals surface area contributed by atoms with Crippen molar-refractivity contribution < 1.29 is 9.32 Å². The topological polar surface area (TPSA) is 33.7 Å². The third-order valence-corrected chi connectivity index (χ3v) is 4.67. The van der Waals surface area contributed by atoms with Crippen molar-refractivity contribution >= 4 is 16.8 Å². The molecule has 1 aliphatic heterocycles. The van der Waals surface area contributed by atoms with Crippen LogP contribution in [0.3, 0.4) is 0 Å². The van der Waals surface area contributed by atoms with E-state index in [-0.39, 0.29) is 0 Å². The summed E-state index contributed by atoms with van der Waals surface area (Å²) in [5.74, 6) is 0.852. The number of quaternary nitrogens is 1. The van der Waals surface area contributed by atoms with Crippen molar-refractivity contribution in [3.8, 4) is 0 Å². The third-order valence-electron chi connectivity index (χ3n) is 4.67. The number of benzene rings is 2. The molecule has 4 heteroatoms. The number of aryl methyl sites for hydroxylation is 1. The van der Waals surface area contributed by atoms with E-state index < -0.39 is 0 Å². The number of hydrogen-bond donors (Lipinski definition) is 1. The first kappa shape index (κ1) is 14.3. The van der Waals surface area contributed by atoms with Gasteiger partial charge in [0.2, 0.25) is 0 Å². The van der Waals surface area contributed by atoms with Crippen LogP contribution in [-0.4, -0.2) is 31.2 Å². The van der Waals surface area contributed by atoms with Gasteiger partial charge >= 0.3 is 0 Å². The van der Waals surface area contributed by atoms with Gasteiger partial charge in [0.05, 0.1) is 26.2 Å². The SMILES string of the molecule is Cc1ccccc1N1CC[NH+](Cc2nc3ccccc3o2)CC1. The lowest BCUT2D eigenvalue weighted by atomic mass is 10.1. The van der Waals surface area contributed by atoms with Gasteiger partial charge in [-0.05, 0) is 30.7 Å². The van der Waals surface area contributed by atoms with Gasteiger partial charge in [-0.15, -0.1) is 0 Å². The average molecular weight is 308 g/mol. The highest BCUT2D eigenvalue weighted by Crippen LogP contribution is 2.19. The lowest BCUT2D eigenvalue weighted by Crippen LogP contribution is -3.13. The molecule has 0 atom stereocenters. The second-order valence-electron chi connectivity index (χ2n) is 6.28. The summed E-state index contributed by atoms with van der Waals surface area (Å²) in [5, 5.41) is 0. The number of para-hydroxylation sites is 3.